The summed E-state index contributed by atoms with van der Waals surface area (Å²) < 4.78 is 43.5. The molecule has 1 aromatic heterocycles. The molecule has 0 radical (unpaired) electrons. The molecule has 9 nitrogen and oxygen atoms in total. The number of benzene rings is 2. The lowest BCUT2D eigenvalue weighted by atomic mass is 9.97. The highest BCUT2D eigenvalue weighted by Crippen LogP contribution is 2.38. The lowest BCUT2D eigenvalue weighted by molar-refractivity contribution is 0.0692. The van der Waals surface area contributed by atoms with E-state index < -0.39 is 39.5 Å². The Bertz CT molecular complexity index is 1440. The number of carboxylic acid groups (broad SMARTS) is 1. The van der Waals surface area contributed by atoms with Gasteiger partial charge >= 0.3 is 12.1 Å². The number of hydrogen-bond acceptors (Lipinski definition) is 6. The largest absolute Gasteiger partial charge is 0.477 e. The van der Waals surface area contributed by atoms with Crippen LogP contribution in [-0.4, -0.2) is 60.9 Å². The SMILES string of the molecule is C[C@@H](c1cccc2c(-c3ccc(CS(C)(=O)=O)c(F)c3)c(C(=O)O)[nH]c12)N1C[C@H](CCCN)OC1=O. The fourth-order valence-corrected chi connectivity index (χ4v) is 5.47. The Kier molecular flexibility index (Phi) is 7.05. The lowest BCUT2D eigenvalue weighted by Crippen LogP contribution is -2.28. The molecule has 1 saturated heterocycles. The molecule has 1 fully saturated rings. The number of carbonyl (C=O) groups excluding carboxylic acids is 1. The first-order valence-corrected chi connectivity index (χ1v) is 13.6. The van der Waals surface area contributed by atoms with Crippen molar-refractivity contribution in [3.05, 3.63) is 59.0 Å². The first-order valence-electron chi connectivity index (χ1n) is 11.5. The van der Waals surface area contributed by atoms with Gasteiger partial charge in [0.05, 0.1) is 23.9 Å². The first kappa shape index (κ1) is 25.6. The van der Waals surface area contributed by atoms with Gasteiger partial charge in [-0.3, -0.25) is 4.90 Å². The number of H-pyrrole nitrogens is 1. The third kappa shape index (κ3) is 5.07. The fourth-order valence-electron chi connectivity index (χ4n) is 4.67. The van der Waals surface area contributed by atoms with Crippen molar-refractivity contribution in [1.82, 2.24) is 9.88 Å². The van der Waals surface area contributed by atoms with E-state index in [1.807, 2.05) is 6.92 Å². The second-order valence-corrected chi connectivity index (χ2v) is 11.2. The number of aromatic amines is 1. The third-order valence-electron chi connectivity index (χ3n) is 6.39. The maximum Gasteiger partial charge on any atom is 0.410 e. The first-order chi connectivity index (χ1) is 17.0. The number of carbonyl (C=O) groups is 2. The Morgan fingerprint density at radius 1 is 1.33 bits per heavy atom. The van der Waals surface area contributed by atoms with Crippen molar-refractivity contribution in [1.29, 1.82) is 0 Å². The number of nitrogens with one attached hydrogen (secondary N) is 1. The summed E-state index contributed by atoms with van der Waals surface area (Å²) in [6, 6.07) is 8.85. The van der Waals surface area contributed by atoms with Crippen LogP contribution >= 0.6 is 0 Å². The van der Waals surface area contributed by atoms with Gasteiger partial charge in [0.2, 0.25) is 0 Å². The number of ether oxygens (including phenoxy) is 1. The number of cyclic esters (lactones) is 1. The molecule has 4 rings (SSSR count). The van der Waals surface area contributed by atoms with Gasteiger partial charge < -0.3 is 20.6 Å². The molecule has 11 heteroatoms. The maximum absolute atomic E-state index is 14.8. The minimum absolute atomic E-state index is 0.00372. The molecule has 0 bridgehead atoms. The molecule has 2 aromatic carbocycles. The molecule has 2 heterocycles. The van der Waals surface area contributed by atoms with Crippen molar-refractivity contribution in [2.75, 3.05) is 19.3 Å². The van der Waals surface area contributed by atoms with Crippen LogP contribution in [0.3, 0.4) is 0 Å². The zero-order valence-corrected chi connectivity index (χ0v) is 20.8. The number of halogens is 1. The third-order valence-corrected chi connectivity index (χ3v) is 7.22. The summed E-state index contributed by atoms with van der Waals surface area (Å²) in [4.78, 5) is 29.2. The molecular formula is C25H28FN3O6S. The molecular weight excluding hydrogens is 489 g/mol. The van der Waals surface area contributed by atoms with E-state index in [1.54, 1.807) is 23.1 Å². The molecule has 3 aromatic rings. The number of rotatable bonds is 9. The molecule has 1 amide bonds. The highest BCUT2D eigenvalue weighted by atomic mass is 32.2. The average Bonchev–Trinajstić information content (AvgIpc) is 3.38. The Balaban J connectivity index is 1.77. The standard InChI is InChI=1S/C25H28FN3O6S/c1-14(29-12-17(5-4-10-27)35-25(29)32)18-6-3-7-19-21(23(24(30)31)28-22(18)19)15-8-9-16(20(26)11-15)13-36(2,33)34/h3,6-9,11,14,17,28H,4-5,10,12-13,27H2,1-2H3,(H,30,31)/t14-,17-/m0/s1. The Labute approximate surface area is 208 Å². The maximum atomic E-state index is 14.8. The van der Waals surface area contributed by atoms with E-state index in [0.29, 0.717) is 41.5 Å². The van der Waals surface area contributed by atoms with Gasteiger partial charge in [-0.1, -0.05) is 30.3 Å². The van der Waals surface area contributed by atoms with Crippen molar-refractivity contribution in [2.45, 2.75) is 37.7 Å². The van der Waals surface area contributed by atoms with Crippen LogP contribution in [0.1, 0.15) is 47.4 Å². The number of nitrogens with zero attached hydrogens (tertiary/aromatic N) is 1. The molecule has 1 aliphatic rings. The van der Waals surface area contributed by atoms with Crippen LogP contribution in [0.5, 0.6) is 0 Å². The normalized spacial score (nSPS) is 16.9. The van der Waals surface area contributed by atoms with Gasteiger partial charge in [0, 0.05) is 22.8 Å². The topological polar surface area (TPSA) is 143 Å². The van der Waals surface area contributed by atoms with Gasteiger partial charge in [-0.15, -0.1) is 0 Å². The molecule has 0 aliphatic carbocycles. The van der Waals surface area contributed by atoms with Crippen LogP contribution in [-0.2, 0) is 20.3 Å². The summed E-state index contributed by atoms with van der Waals surface area (Å²) in [5.41, 5.74) is 7.20. The number of carboxylic acids is 1. The highest BCUT2D eigenvalue weighted by Gasteiger charge is 2.35. The highest BCUT2D eigenvalue weighted by molar-refractivity contribution is 7.89. The molecule has 0 unspecified atom stereocenters. The van der Waals surface area contributed by atoms with Crippen LogP contribution in [0.25, 0.3) is 22.0 Å². The van der Waals surface area contributed by atoms with Crippen molar-refractivity contribution in [3.63, 3.8) is 0 Å². The second kappa shape index (κ2) is 9.90. The minimum atomic E-state index is -3.45. The Hall–Kier alpha value is -3.44. The quantitative estimate of drug-likeness (QED) is 0.391. The Morgan fingerprint density at radius 3 is 2.72 bits per heavy atom. The number of aromatic carboxylic acids is 1. The Morgan fingerprint density at radius 2 is 2.08 bits per heavy atom. The van der Waals surface area contributed by atoms with Gasteiger partial charge in [-0.25, -0.2) is 22.4 Å². The van der Waals surface area contributed by atoms with Gasteiger partial charge in [0.25, 0.3) is 0 Å². The van der Waals surface area contributed by atoms with Crippen molar-refractivity contribution >= 4 is 32.8 Å². The van der Waals surface area contributed by atoms with Gasteiger partial charge in [-0.05, 0) is 43.5 Å². The summed E-state index contributed by atoms with van der Waals surface area (Å²) in [7, 11) is -3.45. The summed E-state index contributed by atoms with van der Waals surface area (Å²) in [5, 5.41) is 10.4. The summed E-state index contributed by atoms with van der Waals surface area (Å²) in [5.74, 6) is -2.43. The average molecular weight is 518 g/mol. The number of fused-ring (bicyclic) bond motifs is 1. The number of para-hydroxylation sites is 1. The smallest absolute Gasteiger partial charge is 0.410 e. The lowest BCUT2D eigenvalue weighted by Gasteiger charge is -2.23. The van der Waals surface area contributed by atoms with Crippen LogP contribution in [0.15, 0.2) is 36.4 Å². The number of nitrogens with two attached hydrogens (primary N) is 1. The summed E-state index contributed by atoms with van der Waals surface area (Å²) in [6.45, 7) is 2.73. The molecule has 0 spiro atoms. The zero-order valence-electron chi connectivity index (χ0n) is 20.0. The van der Waals surface area contributed by atoms with Gasteiger partial charge in [-0.2, -0.15) is 0 Å². The van der Waals surface area contributed by atoms with Crippen LogP contribution in [0, 0.1) is 5.82 Å². The van der Waals surface area contributed by atoms with E-state index in [-0.39, 0.29) is 22.9 Å². The van der Waals surface area contributed by atoms with Crippen molar-refractivity contribution in [3.8, 4) is 11.1 Å². The van der Waals surface area contributed by atoms with Crippen molar-refractivity contribution < 1.29 is 32.2 Å². The molecule has 2 atom stereocenters. The molecule has 192 valence electrons. The summed E-state index contributed by atoms with van der Waals surface area (Å²) >= 11 is 0. The minimum Gasteiger partial charge on any atom is -0.477 e. The van der Waals surface area contributed by atoms with E-state index in [0.717, 1.165) is 18.7 Å². The number of sulfone groups is 1. The van der Waals surface area contributed by atoms with Gasteiger partial charge in [0.1, 0.15) is 17.6 Å². The second-order valence-electron chi connectivity index (χ2n) is 9.09. The van der Waals surface area contributed by atoms with E-state index in [9.17, 15) is 27.5 Å². The molecule has 0 saturated carbocycles. The molecule has 1 aliphatic heterocycles. The zero-order chi connectivity index (χ0) is 26.2. The van der Waals surface area contributed by atoms with E-state index in [2.05, 4.69) is 4.98 Å². The van der Waals surface area contributed by atoms with E-state index >= 15 is 0 Å². The predicted molar refractivity (Wildman–Crippen MR) is 133 cm³/mol. The van der Waals surface area contributed by atoms with E-state index in [4.69, 9.17) is 10.5 Å². The van der Waals surface area contributed by atoms with Crippen molar-refractivity contribution in [2.24, 2.45) is 5.73 Å². The number of amides is 1. The van der Waals surface area contributed by atoms with E-state index in [1.165, 1.54) is 12.1 Å². The van der Waals surface area contributed by atoms with Crippen LogP contribution in [0.4, 0.5) is 9.18 Å². The summed E-state index contributed by atoms with van der Waals surface area (Å²) in [6.07, 6.45) is 1.70. The monoisotopic (exact) mass is 517 g/mol. The fraction of sp³-hybridized carbons (Fsp3) is 0.360. The number of aromatic nitrogens is 1. The predicted octanol–water partition coefficient (Wildman–Crippen LogP) is 3.84. The molecule has 36 heavy (non-hydrogen) atoms. The number of hydrogen-bond donors (Lipinski definition) is 3. The van der Waals surface area contributed by atoms with Crippen LogP contribution in [0.2, 0.25) is 0 Å². The van der Waals surface area contributed by atoms with Gasteiger partial charge in [0.15, 0.2) is 9.84 Å². The molecule has 4 N–H and O–H groups in total. The van der Waals surface area contributed by atoms with Crippen LogP contribution < -0.4 is 5.73 Å².